The van der Waals surface area contributed by atoms with Gasteiger partial charge in [0.2, 0.25) is 0 Å². The third-order valence-electron chi connectivity index (χ3n) is 3.51. The number of nitrogens with zero attached hydrogens (tertiary/aromatic N) is 2. The molecule has 0 bridgehead atoms. The number of hydrogen-bond donors (Lipinski definition) is 1. The van der Waals surface area contributed by atoms with Crippen molar-refractivity contribution >= 4 is 52.2 Å². The molecule has 5 nitrogen and oxygen atoms in total. The van der Waals surface area contributed by atoms with Gasteiger partial charge in [-0.2, -0.15) is 0 Å². The fraction of sp³-hybridized carbons (Fsp3) is 0.0556. The van der Waals surface area contributed by atoms with Gasteiger partial charge in [0.25, 0.3) is 5.91 Å². The summed E-state index contributed by atoms with van der Waals surface area (Å²) in [6, 6.07) is 13.4. The number of benzene rings is 2. The van der Waals surface area contributed by atoms with Crippen molar-refractivity contribution in [2.75, 3.05) is 7.05 Å². The van der Waals surface area contributed by atoms with Crippen LogP contribution in [0.4, 0.5) is 5.69 Å². The molecule has 1 heterocycles. The van der Waals surface area contributed by atoms with Crippen LogP contribution in [0.15, 0.2) is 58.4 Å². The number of carboxylic acids is 1. The lowest BCUT2D eigenvalue weighted by Crippen LogP contribution is -2.23. The molecular formula is C18H13ClN2O3S. The summed E-state index contributed by atoms with van der Waals surface area (Å²) in [6.45, 7) is 0. The van der Waals surface area contributed by atoms with E-state index in [-0.39, 0.29) is 11.5 Å². The predicted molar refractivity (Wildman–Crippen MR) is 100 cm³/mol. The van der Waals surface area contributed by atoms with E-state index in [1.807, 2.05) is 0 Å². The van der Waals surface area contributed by atoms with Crippen LogP contribution in [0.3, 0.4) is 0 Å². The fourth-order valence-corrected chi connectivity index (χ4v) is 3.26. The minimum Gasteiger partial charge on any atom is -0.478 e. The second kappa shape index (κ2) is 7.13. The number of hydrogen-bond acceptors (Lipinski definition) is 4. The van der Waals surface area contributed by atoms with E-state index in [9.17, 15) is 9.59 Å². The summed E-state index contributed by atoms with van der Waals surface area (Å²) in [4.78, 5) is 29.7. The second-order valence-corrected chi connectivity index (χ2v) is 6.72. The highest BCUT2D eigenvalue weighted by atomic mass is 35.5. The van der Waals surface area contributed by atoms with Crippen molar-refractivity contribution in [1.82, 2.24) is 4.90 Å². The molecule has 0 radical (unpaired) electrons. The Morgan fingerprint density at radius 3 is 2.40 bits per heavy atom. The van der Waals surface area contributed by atoms with Gasteiger partial charge in [-0.05, 0) is 59.8 Å². The summed E-state index contributed by atoms with van der Waals surface area (Å²) >= 11 is 7.13. The molecule has 0 aromatic heterocycles. The molecule has 1 fully saturated rings. The monoisotopic (exact) mass is 372 g/mol. The maximum atomic E-state index is 12.4. The average Bonchev–Trinajstić information content (AvgIpc) is 2.85. The molecule has 1 aliphatic heterocycles. The maximum absolute atomic E-state index is 12.4. The van der Waals surface area contributed by atoms with Gasteiger partial charge in [-0.1, -0.05) is 23.7 Å². The molecule has 2 aromatic carbocycles. The van der Waals surface area contributed by atoms with Crippen molar-refractivity contribution in [2.45, 2.75) is 0 Å². The smallest absolute Gasteiger partial charge is 0.335 e. The van der Waals surface area contributed by atoms with Gasteiger partial charge in [-0.3, -0.25) is 9.69 Å². The first-order valence-electron chi connectivity index (χ1n) is 7.29. The maximum Gasteiger partial charge on any atom is 0.335 e. The lowest BCUT2D eigenvalue weighted by atomic mass is 10.1. The van der Waals surface area contributed by atoms with E-state index < -0.39 is 5.97 Å². The van der Waals surface area contributed by atoms with Gasteiger partial charge in [0.1, 0.15) is 0 Å². The molecule has 2 aromatic rings. The molecule has 0 atom stereocenters. The highest BCUT2D eigenvalue weighted by molar-refractivity contribution is 8.18. The Bertz CT molecular complexity index is 890. The summed E-state index contributed by atoms with van der Waals surface area (Å²) in [5.41, 5.74) is 1.66. The Balaban J connectivity index is 1.85. The van der Waals surface area contributed by atoms with Crippen LogP contribution in [0.1, 0.15) is 15.9 Å². The molecule has 0 saturated carbocycles. The molecule has 0 aliphatic carbocycles. The van der Waals surface area contributed by atoms with Gasteiger partial charge >= 0.3 is 5.97 Å². The quantitative estimate of drug-likeness (QED) is 0.817. The van der Waals surface area contributed by atoms with Crippen LogP contribution >= 0.6 is 23.4 Å². The number of aromatic carboxylic acids is 1. The highest BCUT2D eigenvalue weighted by Crippen LogP contribution is 2.33. The summed E-state index contributed by atoms with van der Waals surface area (Å²) in [5, 5.41) is 10.1. The van der Waals surface area contributed by atoms with E-state index in [2.05, 4.69) is 4.99 Å². The number of carbonyl (C=O) groups excluding carboxylic acids is 1. The van der Waals surface area contributed by atoms with Crippen LogP contribution in [0.5, 0.6) is 0 Å². The fourth-order valence-electron chi connectivity index (χ4n) is 2.15. The first-order chi connectivity index (χ1) is 11.9. The topological polar surface area (TPSA) is 70.0 Å². The number of carbonyl (C=O) groups is 2. The zero-order valence-electron chi connectivity index (χ0n) is 13.1. The first-order valence-corrected chi connectivity index (χ1v) is 8.49. The lowest BCUT2D eigenvalue weighted by molar-refractivity contribution is -0.121. The molecule has 25 heavy (non-hydrogen) atoms. The minimum absolute atomic E-state index is 0.153. The van der Waals surface area contributed by atoms with E-state index in [4.69, 9.17) is 16.7 Å². The zero-order chi connectivity index (χ0) is 18.0. The van der Waals surface area contributed by atoms with Gasteiger partial charge in [0.15, 0.2) is 5.17 Å². The molecule has 1 saturated heterocycles. The summed E-state index contributed by atoms with van der Waals surface area (Å²) in [6.07, 6.45) is 1.72. The largest absolute Gasteiger partial charge is 0.478 e. The number of rotatable bonds is 3. The molecular weight excluding hydrogens is 360 g/mol. The van der Waals surface area contributed by atoms with E-state index in [1.54, 1.807) is 49.5 Å². The third kappa shape index (κ3) is 3.92. The standard InChI is InChI=1S/C18H13ClN2O3S/c1-21-16(22)15(10-11-2-4-12(5-3-11)17(23)24)25-18(21)20-14-8-6-13(19)7-9-14/h2-10H,1H3,(H,23,24)/b15-10-,20-18?. The molecule has 7 heteroatoms. The van der Waals surface area contributed by atoms with E-state index in [0.717, 1.165) is 5.56 Å². The Morgan fingerprint density at radius 1 is 1.16 bits per heavy atom. The number of halogens is 1. The molecule has 0 unspecified atom stereocenters. The third-order valence-corrected chi connectivity index (χ3v) is 4.82. The molecule has 0 spiro atoms. The van der Waals surface area contributed by atoms with Crippen LogP contribution in [-0.4, -0.2) is 34.1 Å². The summed E-state index contributed by atoms with van der Waals surface area (Å²) < 4.78 is 0. The number of amidine groups is 1. The van der Waals surface area contributed by atoms with E-state index >= 15 is 0 Å². The Morgan fingerprint density at radius 2 is 1.80 bits per heavy atom. The highest BCUT2D eigenvalue weighted by Gasteiger charge is 2.30. The molecule has 1 N–H and O–H groups in total. The first kappa shape index (κ1) is 17.3. The molecule has 3 rings (SSSR count). The van der Waals surface area contributed by atoms with Gasteiger partial charge < -0.3 is 5.11 Å². The number of amides is 1. The van der Waals surface area contributed by atoms with Crippen molar-refractivity contribution in [2.24, 2.45) is 4.99 Å². The Labute approximate surface area is 153 Å². The average molecular weight is 373 g/mol. The lowest BCUT2D eigenvalue weighted by Gasteiger charge is -2.07. The second-order valence-electron chi connectivity index (χ2n) is 5.27. The number of likely N-dealkylation sites (N-methyl/N-ethyl adjacent to an activating group) is 1. The Kier molecular flexibility index (Phi) is 4.92. The van der Waals surface area contributed by atoms with Gasteiger partial charge in [0, 0.05) is 12.1 Å². The van der Waals surface area contributed by atoms with Crippen molar-refractivity contribution < 1.29 is 14.7 Å². The molecule has 1 aliphatic rings. The SMILES string of the molecule is CN1C(=O)/C(=C/c2ccc(C(=O)O)cc2)SC1=Nc1ccc(Cl)cc1. The van der Waals surface area contributed by atoms with E-state index in [0.29, 0.717) is 20.8 Å². The number of aliphatic imine (C=N–C) groups is 1. The van der Waals surface area contributed by atoms with Gasteiger partial charge in [-0.25, -0.2) is 9.79 Å². The molecule has 1 amide bonds. The van der Waals surface area contributed by atoms with Crippen molar-refractivity contribution in [3.63, 3.8) is 0 Å². The van der Waals surface area contributed by atoms with Crippen LogP contribution in [0, 0.1) is 0 Å². The van der Waals surface area contributed by atoms with Crippen LogP contribution in [0.25, 0.3) is 6.08 Å². The summed E-state index contributed by atoms with van der Waals surface area (Å²) in [7, 11) is 1.67. The summed E-state index contributed by atoms with van der Waals surface area (Å²) in [5.74, 6) is -1.14. The van der Waals surface area contributed by atoms with Crippen LogP contribution in [-0.2, 0) is 4.79 Å². The zero-order valence-corrected chi connectivity index (χ0v) is 14.7. The normalized spacial score (nSPS) is 17.5. The van der Waals surface area contributed by atoms with Gasteiger partial charge in [0.05, 0.1) is 16.2 Å². The Hall–Kier alpha value is -2.57. The van der Waals surface area contributed by atoms with Crippen LogP contribution in [0.2, 0.25) is 5.02 Å². The van der Waals surface area contributed by atoms with Crippen molar-refractivity contribution in [1.29, 1.82) is 0 Å². The van der Waals surface area contributed by atoms with Gasteiger partial charge in [-0.15, -0.1) is 0 Å². The minimum atomic E-state index is -0.984. The van der Waals surface area contributed by atoms with E-state index in [1.165, 1.54) is 28.8 Å². The molecule has 126 valence electrons. The number of carboxylic acid groups (broad SMARTS) is 1. The van der Waals surface area contributed by atoms with Crippen LogP contribution < -0.4 is 0 Å². The predicted octanol–water partition coefficient (Wildman–Crippen LogP) is 4.27. The number of thioether (sulfide) groups is 1. The van der Waals surface area contributed by atoms with Crippen molar-refractivity contribution in [3.05, 3.63) is 69.6 Å². The van der Waals surface area contributed by atoms with Crippen molar-refractivity contribution in [3.8, 4) is 0 Å².